The third kappa shape index (κ3) is 5.02. The van der Waals surface area contributed by atoms with E-state index in [1.165, 1.54) is 7.11 Å². The molecule has 1 aliphatic heterocycles. The minimum atomic E-state index is -2.91. The molecule has 0 saturated carbocycles. The molecule has 0 spiro atoms. The van der Waals surface area contributed by atoms with E-state index in [1.54, 1.807) is 12.2 Å². The number of rotatable bonds is 6. The maximum atomic E-state index is 12.7. The fourth-order valence-electron chi connectivity index (χ4n) is 3.50. The molecule has 0 radical (unpaired) electrons. The Morgan fingerprint density at radius 3 is 2.48 bits per heavy atom. The van der Waals surface area contributed by atoms with Crippen molar-refractivity contribution >= 4 is 17.3 Å². The number of nitrogens with zero attached hydrogens (tertiary/aromatic N) is 1. The number of ether oxygens (including phenoxy) is 2. The van der Waals surface area contributed by atoms with Gasteiger partial charge < -0.3 is 19.7 Å². The van der Waals surface area contributed by atoms with Crippen LogP contribution >= 0.6 is 11.6 Å². The first-order valence-electron chi connectivity index (χ1n) is 8.92. The van der Waals surface area contributed by atoms with Gasteiger partial charge in [0.15, 0.2) is 11.5 Å². The van der Waals surface area contributed by atoms with E-state index in [1.807, 2.05) is 36.4 Å². The molecule has 1 aliphatic carbocycles. The second kappa shape index (κ2) is 9.24. The molecule has 146 valence electrons. The number of hydrogen-bond acceptors (Lipinski definition) is 4. The Balaban J connectivity index is 1.93. The molecule has 4 nitrogen and oxygen atoms in total. The SMILES string of the molecule is COC1=C(OC(F)F)C=CC(N(c2cccc(Cl)c2)C2CCNCC2)C=C1. The fourth-order valence-corrected chi connectivity index (χ4v) is 3.68. The number of allylic oxidation sites excluding steroid dienone is 2. The summed E-state index contributed by atoms with van der Waals surface area (Å²) in [6.07, 6.45) is 8.98. The number of anilines is 1. The Hall–Kier alpha value is -2.05. The zero-order valence-electron chi connectivity index (χ0n) is 15.1. The van der Waals surface area contributed by atoms with Crippen LogP contribution in [0.4, 0.5) is 14.5 Å². The molecule has 3 rings (SSSR count). The Labute approximate surface area is 163 Å². The molecule has 1 fully saturated rings. The van der Waals surface area contributed by atoms with Gasteiger partial charge in [0.2, 0.25) is 0 Å². The Bertz CT molecular complexity index is 730. The van der Waals surface area contributed by atoms with Gasteiger partial charge in [-0.2, -0.15) is 8.78 Å². The van der Waals surface area contributed by atoms with Crippen molar-refractivity contribution in [2.45, 2.75) is 31.5 Å². The monoisotopic (exact) mass is 396 g/mol. The maximum Gasteiger partial charge on any atom is 0.387 e. The van der Waals surface area contributed by atoms with Gasteiger partial charge in [-0.1, -0.05) is 29.8 Å². The highest BCUT2D eigenvalue weighted by atomic mass is 35.5. The van der Waals surface area contributed by atoms with E-state index in [-0.39, 0.29) is 17.6 Å². The lowest BCUT2D eigenvalue weighted by Gasteiger charge is -2.40. The zero-order chi connectivity index (χ0) is 19.2. The van der Waals surface area contributed by atoms with Crippen molar-refractivity contribution in [2.75, 3.05) is 25.1 Å². The summed E-state index contributed by atoms with van der Waals surface area (Å²) >= 11 is 6.22. The highest BCUT2D eigenvalue weighted by Crippen LogP contribution is 2.30. The lowest BCUT2D eigenvalue weighted by Crippen LogP contribution is -2.47. The normalized spacial score (nSPS) is 20.7. The second-order valence-corrected chi connectivity index (χ2v) is 6.82. The van der Waals surface area contributed by atoms with Gasteiger partial charge in [-0.25, -0.2) is 0 Å². The molecule has 1 aromatic carbocycles. The van der Waals surface area contributed by atoms with Crippen molar-refractivity contribution < 1.29 is 18.3 Å². The van der Waals surface area contributed by atoms with Crippen LogP contribution < -0.4 is 10.2 Å². The van der Waals surface area contributed by atoms with Gasteiger partial charge in [0.25, 0.3) is 0 Å². The van der Waals surface area contributed by atoms with E-state index in [4.69, 9.17) is 16.3 Å². The first kappa shape index (κ1) is 19.7. The molecule has 0 bridgehead atoms. The average molecular weight is 397 g/mol. The molecule has 7 heteroatoms. The third-order valence-corrected chi connectivity index (χ3v) is 4.93. The van der Waals surface area contributed by atoms with Gasteiger partial charge in [0.1, 0.15) is 0 Å². The minimum absolute atomic E-state index is 0.0163. The quantitative estimate of drug-likeness (QED) is 0.768. The number of hydrogen-bond donors (Lipinski definition) is 1. The topological polar surface area (TPSA) is 33.7 Å². The molecular weight excluding hydrogens is 374 g/mol. The fraction of sp³-hybridized carbons (Fsp3) is 0.400. The van der Waals surface area contributed by atoms with E-state index >= 15 is 0 Å². The molecular formula is C20H23ClF2N2O2. The molecule has 1 atom stereocenters. The zero-order valence-corrected chi connectivity index (χ0v) is 15.8. The summed E-state index contributed by atoms with van der Waals surface area (Å²) in [5.74, 6) is 0.285. The average Bonchev–Trinajstić information content (AvgIpc) is 2.85. The number of methoxy groups -OCH3 is 1. The molecule has 0 amide bonds. The van der Waals surface area contributed by atoms with Crippen molar-refractivity contribution in [3.05, 3.63) is 65.1 Å². The summed E-state index contributed by atoms with van der Waals surface area (Å²) in [6.45, 7) is -1.04. The lowest BCUT2D eigenvalue weighted by molar-refractivity contribution is -0.0950. The number of nitrogens with one attached hydrogen (secondary N) is 1. The van der Waals surface area contributed by atoms with E-state index < -0.39 is 6.61 Å². The third-order valence-electron chi connectivity index (χ3n) is 4.70. The van der Waals surface area contributed by atoms with Crippen LogP contribution in [0.2, 0.25) is 5.02 Å². The smallest absolute Gasteiger partial charge is 0.387 e. The van der Waals surface area contributed by atoms with E-state index in [9.17, 15) is 8.78 Å². The second-order valence-electron chi connectivity index (χ2n) is 6.39. The predicted molar refractivity (Wildman–Crippen MR) is 103 cm³/mol. The maximum absolute atomic E-state index is 12.7. The summed E-state index contributed by atoms with van der Waals surface area (Å²) in [6, 6.07) is 7.85. The van der Waals surface area contributed by atoms with Crippen molar-refractivity contribution in [1.29, 1.82) is 0 Å². The Morgan fingerprint density at radius 2 is 1.85 bits per heavy atom. The van der Waals surface area contributed by atoms with Gasteiger partial charge in [0.05, 0.1) is 13.2 Å². The van der Waals surface area contributed by atoms with Crippen LogP contribution in [0.3, 0.4) is 0 Å². The predicted octanol–water partition coefficient (Wildman–Crippen LogP) is 4.49. The number of piperidine rings is 1. The van der Waals surface area contributed by atoms with Crippen LogP contribution in [-0.2, 0) is 9.47 Å². The van der Waals surface area contributed by atoms with Gasteiger partial charge >= 0.3 is 6.61 Å². The van der Waals surface area contributed by atoms with Crippen LogP contribution in [0.25, 0.3) is 0 Å². The highest BCUT2D eigenvalue weighted by Gasteiger charge is 2.27. The summed E-state index contributed by atoms with van der Waals surface area (Å²) in [7, 11) is 1.43. The van der Waals surface area contributed by atoms with Crippen molar-refractivity contribution in [3.8, 4) is 0 Å². The van der Waals surface area contributed by atoms with Gasteiger partial charge in [-0.3, -0.25) is 0 Å². The minimum Gasteiger partial charge on any atom is -0.493 e. The number of halogens is 3. The van der Waals surface area contributed by atoms with Crippen LogP contribution in [0.15, 0.2) is 60.1 Å². The first-order valence-corrected chi connectivity index (χ1v) is 9.30. The number of alkyl halides is 2. The van der Waals surface area contributed by atoms with Crippen molar-refractivity contribution in [2.24, 2.45) is 0 Å². The van der Waals surface area contributed by atoms with Gasteiger partial charge in [0, 0.05) is 16.8 Å². The molecule has 1 heterocycles. The molecule has 1 unspecified atom stereocenters. The molecule has 2 aliphatic rings. The summed E-state index contributed by atoms with van der Waals surface area (Å²) < 4.78 is 35.3. The molecule has 1 aromatic rings. The van der Waals surface area contributed by atoms with Crippen LogP contribution in [0.1, 0.15) is 12.8 Å². The Kier molecular flexibility index (Phi) is 6.74. The van der Waals surface area contributed by atoms with Gasteiger partial charge in [-0.15, -0.1) is 0 Å². The summed E-state index contributed by atoms with van der Waals surface area (Å²) in [5, 5.41) is 4.03. The molecule has 1 N–H and O–H groups in total. The van der Waals surface area contributed by atoms with Crippen LogP contribution in [0, 0.1) is 0 Å². The number of benzene rings is 1. The first-order chi connectivity index (χ1) is 13.1. The lowest BCUT2D eigenvalue weighted by atomic mass is 10.0. The molecule has 1 saturated heterocycles. The summed E-state index contributed by atoms with van der Waals surface area (Å²) in [5.41, 5.74) is 0.992. The largest absolute Gasteiger partial charge is 0.493 e. The standard InChI is InChI=1S/C20H23ClF2N2O2/c1-26-18-7-5-15(6-8-19(18)27-20(22)23)25(16-9-11-24-12-10-16)17-4-2-3-14(21)13-17/h2-8,13,15-16,20,24H,9-12H2,1H3. The molecule has 0 aromatic heterocycles. The van der Waals surface area contributed by atoms with E-state index in [0.717, 1.165) is 31.6 Å². The Morgan fingerprint density at radius 1 is 1.15 bits per heavy atom. The van der Waals surface area contributed by atoms with Crippen molar-refractivity contribution in [1.82, 2.24) is 5.32 Å². The van der Waals surface area contributed by atoms with Gasteiger partial charge in [-0.05, 0) is 56.3 Å². The van der Waals surface area contributed by atoms with Crippen LogP contribution in [-0.4, -0.2) is 38.9 Å². The van der Waals surface area contributed by atoms with E-state index in [0.29, 0.717) is 11.1 Å². The summed E-state index contributed by atoms with van der Waals surface area (Å²) in [4.78, 5) is 2.28. The van der Waals surface area contributed by atoms with Crippen molar-refractivity contribution in [3.63, 3.8) is 0 Å². The molecule has 27 heavy (non-hydrogen) atoms. The van der Waals surface area contributed by atoms with Crippen LogP contribution in [0.5, 0.6) is 0 Å². The van der Waals surface area contributed by atoms with E-state index in [2.05, 4.69) is 15.0 Å². The highest BCUT2D eigenvalue weighted by molar-refractivity contribution is 6.30.